The maximum atomic E-state index is 13.2. The molecular formula is C9H7F2NO3S. The Morgan fingerprint density at radius 1 is 1.38 bits per heavy atom. The lowest BCUT2D eigenvalue weighted by Crippen LogP contribution is -2.08. The molecule has 0 bridgehead atoms. The normalized spacial score (nSPS) is 11.1. The number of hydrogen-bond acceptors (Lipinski definition) is 4. The first-order valence-corrected chi connectivity index (χ1v) is 5.63. The van der Waals surface area contributed by atoms with Gasteiger partial charge in [-0.05, 0) is 12.1 Å². The number of benzene rings is 1. The van der Waals surface area contributed by atoms with E-state index in [-0.39, 0.29) is 5.56 Å². The van der Waals surface area contributed by atoms with E-state index in [1.54, 1.807) is 0 Å². The maximum absolute atomic E-state index is 13.2. The molecule has 0 atom stereocenters. The first-order chi connectivity index (χ1) is 7.39. The zero-order valence-corrected chi connectivity index (χ0v) is 9.01. The highest BCUT2D eigenvalue weighted by molar-refractivity contribution is 7.85. The standard InChI is InChI=1S/C9H7F2NO3S/c1-15-16(13,14)5-7-3-8(10)6(4-12)2-9(7)11/h2-3H,5H2,1H3. The molecule has 0 N–H and O–H groups in total. The van der Waals surface area contributed by atoms with Crippen molar-refractivity contribution >= 4 is 10.1 Å². The van der Waals surface area contributed by atoms with Crippen molar-refractivity contribution in [2.24, 2.45) is 0 Å². The third-order valence-corrected chi connectivity index (χ3v) is 3.02. The van der Waals surface area contributed by atoms with Crippen LogP contribution < -0.4 is 0 Å². The van der Waals surface area contributed by atoms with Gasteiger partial charge in [-0.25, -0.2) is 8.78 Å². The highest BCUT2D eigenvalue weighted by atomic mass is 32.2. The molecule has 0 aromatic heterocycles. The van der Waals surface area contributed by atoms with Gasteiger partial charge in [-0.15, -0.1) is 0 Å². The topological polar surface area (TPSA) is 67.2 Å². The van der Waals surface area contributed by atoms with E-state index in [1.807, 2.05) is 0 Å². The van der Waals surface area contributed by atoms with Gasteiger partial charge in [0.1, 0.15) is 23.5 Å². The Kier molecular flexibility index (Phi) is 3.57. The first-order valence-electron chi connectivity index (χ1n) is 4.06. The van der Waals surface area contributed by atoms with Gasteiger partial charge >= 0.3 is 0 Å². The van der Waals surface area contributed by atoms with Crippen molar-refractivity contribution in [3.05, 3.63) is 34.9 Å². The highest BCUT2D eigenvalue weighted by Gasteiger charge is 2.16. The molecule has 1 rings (SSSR count). The first kappa shape index (κ1) is 12.5. The van der Waals surface area contributed by atoms with Gasteiger partial charge in [-0.3, -0.25) is 4.18 Å². The van der Waals surface area contributed by atoms with E-state index in [4.69, 9.17) is 5.26 Å². The van der Waals surface area contributed by atoms with E-state index in [0.29, 0.717) is 12.1 Å². The molecule has 4 nitrogen and oxygen atoms in total. The summed E-state index contributed by atoms with van der Waals surface area (Å²) in [6.45, 7) is 0. The van der Waals surface area contributed by atoms with Gasteiger partial charge in [0.15, 0.2) is 0 Å². The molecule has 16 heavy (non-hydrogen) atoms. The Balaban J connectivity index is 3.19. The van der Waals surface area contributed by atoms with Crippen LogP contribution in [0.5, 0.6) is 0 Å². The van der Waals surface area contributed by atoms with E-state index in [9.17, 15) is 17.2 Å². The lowest BCUT2D eigenvalue weighted by atomic mass is 10.1. The minimum Gasteiger partial charge on any atom is -0.273 e. The fraction of sp³-hybridized carbons (Fsp3) is 0.222. The second-order valence-electron chi connectivity index (χ2n) is 2.90. The molecule has 0 saturated carbocycles. The molecule has 0 heterocycles. The zero-order chi connectivity index (χ0) is 12.3. The molecule has 0 saturated heterocycles. The SMILES string of the molecule is COS(=O)(=O)Cc1cc(F)c(C#N)cc1F. The number of rotatable bonds is 3. The minimum atomic E-state index is -3.92. The average Bonchev–Trinajstić information content (AvgIpc) is 2.22. The van der Waals surface area contributed by atoms with Gasteiger partial charge in [0.2, 0.25) is 0 Å². The van der Waals surface area contributed by atoms with Crippen LogP contribution in [-0.4, -0.2) is 15.5 Å². The minimum absolute atomic E-state index is 0.377. The predicted octanol–water partition coefficient (Wildman–Crippen LogP) is 1.31. The highest BCUT2D eigenvalue weighted by Crippen LogP contribution is 2.17. The average molecular weight is 247 g/mol. The molecule has 0 aliphatic heterocycles. The van der Waals surface area contributed by atoms with Crippen LogP contribution in [0.4, 0.5) is 8.78 Å². The summed E-state index contributed by atoms with van der Waals surface area (Å²) < 4.78 is 52.5. The summed E-state index contributed by atoms with van der Waals surface area (Å²) in [5.41, 5.74) is -0.852. The maximum Gasteiger partial charge on any atom is 0.271 e. The summed E-state index contributed by atoms with van der Waals surface area (Å²) in [5.74, 6) is -2.71. The molecule has 7 heteroatoms. The van der Waals surface area contributed by atoms with Crippen LogP contribution in [0.3, 0.4) is 0 Å². The second-order valence-corrected chi connectivity index (χ2v) is 4.64. The quantitative estimate of drug-likeness (QED) is 0.755. The zero-order valence-electron chi connectivity index (χ0n) is 8.20. The summed E-state index contributed by atoms with van der Waals surface area (Å²) in [5, 5.41) is 8.41. The molecule has 0 aliphatic carbocycles. The van der Waals surface area contributed by atoms with Crippen molar-refractivity contribution in [1.82, 2.24) is 0 Å². The summed E-state index contributed by atoms with van der Waals surface area (Å²) >= 11 is 0. The third-order valence-electron chi connectivity index (χ3n) is 1.84. The monoisotopic (exact) mass is 247 g/mol. The second kappa shape index (κ2) is 4.55. The smallest absolute Gasteiger partial charge is 0.271 e. The van der Waals surface area contributed by atoms with E-state index < -0.39 is 33.1 Å². The lowest BCUT2D eigenvalue weighted by molar-refractivity contribution is 0.396. The van der Waals surface area contributed by atoms with Gasteiger partial charge < -0.3 is 0 Å². The molecule has 0 aliphatic rings. The van der Waals surface area contributed by atoms with Crippen LogP contribution >= 0.6 is 0 Å². The Bertz CT molecular complexity index is 549. The molecule has 1 aromatic rings. The van der Waals surface area contributed by atoms with Gasteiger partial charge in [0, 0.05) is 5.56 Å². The summed E-state index contributed by atoms with van der Waals surface area (Å²) in [4.78, 5) is 0. The molecule has 0 fully saturated rings. The van der Waals surface area contributed by atoms with Crippen LogP contribution in [0.1, 0.15) is 11.1 Å². The van der Waals surface area contributed by atoms with E-state index >= 15 is 0 Å². The molecule has 86 valence electrons. The van der Waals surface area contributed by atoms with Crippen molar-refractivity contribution in [3.8, 4) is 6.07 Å². The van der Waals surface area contributed by atoms with Crippen LogP contribution in [0.25, 0.3) is 0 Å². The van der Waals surface area contributed by atoms with Crippen LogP contribution in [0.2, 0.25) is 0 Å². The Labute approximate surface area is 91.2 Å². The van der Waals surface area contributed by atoms with Crippen molar-refractivity contribution in [2.75, 3.05) is 7.11 Å². The number of hydrogen-bond donors (Lipinski definition) is 0. The Morgan fingerprint density at radius 3 is 2.50 bits per heavy atom. The molecular weight excluding hydrogens is 240 g/mol. The fourth-order valence-corrected chi connectivity index (χ4v) is 1.75. The molecule has 1 aromatic carbocycles. The van der Waals surface area contributed by atoms with Gasteiger partial charge in [-0.2, -0.15) is 13.7 Å². The van der Waals surface area contributed by atoms with Gasteiger partial charge in [0.05, 0.1) is 12.7 Å². The molecule has 0 radical (unpaired) electrons. The number of nitriles is 1. The Hall–Kier alpha value is -1.52. The lowest BCUT2D eigenvalue weighted by Gasteiger charge is -2.04. The van der Waals surface area contributed by atoms with E-state index in [0.717, 1.165) is 7.11 Å². The number of nitrogens with zero attached hydrogens (tertiary/aromatic N) is 1. The molecule has 0 amide bonds. The summed E-state index contributed by atoms with van der Waals surface area (Å²) in [6.07, 6.45) is 0. The van der Waals surface area contributed by atoms with E-state index in [2.05, 4.69) is 4.18 Å². The summed E-state index contributed by atoms with van der Waals surface area (Å²) in [6, 6.07) is 2.76. The van der Waals surface area contributed by atoms with E-state index in [1.165, 1.54) is 6.07 Å². The van der Waals surface area contributed by atoms with Gasteiger partial charge in [-0.1, -0.05) is 0 Å². The van der Waals surface area contributed by atoms with Crippen molar-refractivity contribution < 1.29 is 21.4 Å². The van der Waals surface area contributed by atoms with Crippen molar-refractivity contribution in [3.63, 3.8) is 0 Å². The van der Waals surface area contributed by atoms with Crippen LogP contribution in [-0.2, 0) is 20.1 Å². The molecule has 0 unspecified atom stereocenters. The predicted molar refractivity (Wildman–Crippen MR) is 50.7 cm³/mol. The van der Waals surface area contributed by atoms with Crippen LogP contribution in [0.15, 0.2) is 12.1 Å². The fourth-order valence-electron chi connectivity index (χ4n) is 1.03. The van der Waals surface area contributed by atoms with Crippen molar-refractivity contribution in [1.29, 1.82) is 5.26 Å². The third kappa shape index (κ3) is 2.74. The largest absolute Gasteiger partial charge is 0.273 e. The summed E-state index contributed by atoms with van der Waals surface area (Å²) in [7, 11) is -3.00. The van der Waals surface area contributed by atoms with Crippen molar-refractivity contribution in [2.45, 2.75) is 5.75 Å². The molecule has 0 spiro atoms. The number of halogens is 2. The van der Waals surface area contributed by atoms with Crippen LogP contribution in [0, 0.1) is 23.0 Å². The van der Waals surface area contributed by atoms with Gasteiger partial charge in [0.25, 0.3) is 10.1 Å². The Morgan fingerprint density at radius 2 is 2.00 bits per heavy atom.